The van der Waals surface area contributed by atoms with Crippen LogP contribution in [0.25, 0.3) is 0 Å². The van der Waals surface area contributed by atoms with Crippen molar-refractivity contribution in [2.45, 2.75) is 19.9 Å². The average molecular weight is 323 g/mol. The van der Waals surface area contributed by atoms with E-state index >= 15 is 0 Å². The van der Waals surface area contributed by atoms with E-state index in [1.54, 1.807) is 32.0 Å². The third-order valence-electron chi connectivity index (χ3n) is 3.09. The summed E-state index contributed by atoms with van der Waals surface area (Å²) in [4.78, 5) is 33.3. The van der Waals surface area contributed by atoms with Gasteiger partial charge in [-0.25, -0.2) is 4.79 Å². The van der Waals surface area contributed by atoms with Gasteiger partial charge in [0.1, 0.15) is 11.7 Å². The minimum Gasteiger partial charge on any atom is -0.378 e. The minimum absolute atomic E-state index is 0.0331. The molecule has 1 aromatic carbocycles. The van der Waals surface area contributed by atoms with Crippen molar-refractivity contribution in [1.29, 1.82) is 0 Å². The molecule has 1 atom stereocenters. The zero-order valence-electron chi connectivity index (χ0n) is 13.0. The Kier molecular flexibility index (Phi) is 6.78. The summed E-state index contributed by atoms with van der Waals surface area (Å²) in [6.45, 7) is 4.12. The number of urea groups is 1. The first kappa shape index (κ1) is 18.2. The summed E-state index contributed by atoms with van der Waals surface area (Å²) >= 11 is 0. The summed E-state index contributed by atoms with van der Waals surface area (Å²) in [6, 6.07) is 4.75. The molecular weight excluding hydrogens is 302 g/mol. The van der Waals surface area contributed by atoms with E-state index in [1.165, 1.54) is 6.07 Å². The predicted octanol–water partition coefficient (Wildman–Crippen LogP) is 0.816. The number of hydrogen-bond donors (Lipinski definition) is 4. The van der Waals surface area contributed by atoms with Crippen LogP contribution in [0.3, 0.4) is 0 Å². The molecule has 0 radical (unpaired) electrons. The quantitative estimate of drug-likeness (QED) is 0.318. The zero-order chi connectivity index (χ0) is 17.4. The van der Waals surface area contributed by atoms with Gasteiger partial charge in [0.2, 0.25) is 5.91 Å². The number of primary amides is 1. The van der Waals surface area contributed by atoms with Gasteiger partial charge in [-0.05, 0) is 12.0 Å². The van der Waals surface area contributed by atoms with Gasteiger partial charge in [-0.2, -0.15) is 0 Å². The van der Waals surface area contributed by atoms with Gasteiger partial charge in [-0.15, -0.1) is 0 Å². The van der Waals surface area contributed by atoms with Crippen LogP contribution < -0.4 is 21.7 Å². The van der Waals surface area contributed by atoms with E-state index < -0.39 is 17.0 Å². The second-order valence-electron chi connectivity index (χ2n) is 5.22. The Balaban J connectivity index is 2.49. The van der Waals surface area contributed by atoms with Crippen LogP contribution in [0.15, 0.2) is 24.3 Å². The molecular formula is C14H21N5O4. The van der Waals surface area contributed by atoms with E-state index in [0.717, 1.165) is 0 Å². The summed E-state index contributed by atoms with van der Waals surface area (Å²) in [7, 11) is 0. The maximum atomic E-state index is 12.0. The Morgan fingerprint density at radius 3 is 2.48 bits per heavy atom. The van der Waals surface area contributed by atoms with Crippen LogP contribution in [0.2, 0.25) is 0 Å². The molecule has 0 saturated heterocycles. The van der Waals surface area contributed by atoms with Gasteiger partial charge >= 0.3 is 6.03 Å². The van der Waals surface area contributed by atoms with Gasteiger partial charge in [-0.1, -0.05) is 26.0 Å². The van der Waals surface area contributed by atoms with Gasteiger partial charge in [0.15, 0.2) is 0 Å². The normalized spacial score (nSPS) is 11.6. The highest BCUT2D eigenvalue weighted by Gasteiger charge is 2.22. The van der Waals surface area contributed by atoms with Crippen molar-refractivity contribution in [2.24, 2.45) is 11.7 Å². The van der Waals surface area contributed by atoms with Crippen LogP contribution in [0, 0.1) is 16.0 Å². The standard InChI is InChI=1S/C14H21N5O4/c1-9(2)12(18-14(15)21)13(20)17-8-7-16-10-5-3-4-6-11(10)19(22)23/h3-6,9,12,16H,7-8H2,1-2H3,(H,17,20)(H3,15,18,21). The monoisotopic (exact) mass is 323 g/mol. The lowest BCUT2D eigenvalue weighted by atomic mass is 10.0. The number of hydrogen-bond acceptors (Lipinski definition) is 5. The molecule has 0 aliphatic rings. The third kappa shape index (κ3) is 5.81. The number of nitro groups is 1. The molecule has 3 amide bonds. The molecule has 0 aliphatic heterocycles. The average Bonchev–Trinajstić information content (AvgIpc) is 2.48. The Labute approximate surface area is 133 Å². The van der Waals surface area contributed by atoms with E-state index in [0.29, 0.717) is 12.2 Å². The molecule has 1 aromatic rings. The molecule has 0 saturated carbocycles. The molecule has 0 spiro atoms. The van der Waals surface area contributed by atoms with Crippen molar-refractivity contribution in [2.75, 3.05) is 18.4 Å². The molecule has 9 heteroatoms. The number of benzene rings is 1. The Morgan fingerprint density at radius 1 is 1.26 bits per heavy atom. The van der Waals surface area contributed by atoms with Crippen LogP contribution in [-0.2, 0) is 4.79 Å². The first-order chi connectivity index (χ1) is 10.8. The maximum Gasteiger partial charge on any atom is 0.312 e. The Morgan fingerprint density at radius 2 is 1.91 bits per heavy atom. The summed E-state index contributed by atoms with van der Waals surface area (Å²) in [5.41, 5.74) is 5.38. The molecule has 23 heavy (non-hydrogen) atoms. The van der Waals surface area contributed by atoms with E-state index in [9.17, 15) is 19.7 Å². The SMILES string of the molecule is CC(C)C(NC(N)=O)C(=O)NCCNc1ccccc1[N+](=O)[O-]. The Bertz CT molecular complexity index is 576. The van der Waals surface area contributed by atoms with Crippen LogP contribution >= 0.6 is 0 Å². The number of nitrogens with two attached hydrogens (primary N) is 1. The smallest absolute Gasteiger partial charge is 0.312 e. The number of nitro benzene ring substituents is 1. The van der Waals surface area contributed by atoms with Gasteiger partial charge in [-0.3, -0.25) is 14.9 Å². The zero-order valence-corrected chi connectivity index (χ0v) is 13.0. The van der Waals surface area contributed by atoms with Crippen LogP contribution in [-0.4, -0.2) is 36.0 Å². The third-order valence-corrected chi connectivity index (χ3v) is 3.09. The van der Waals surface area contributed by atoms with Crippen molar-refractivity contribution in [1.82, 2.24) is 10.6 Å². The van der Waals surface area contributed by atoms with E-state index in [2.05, 4.69) is 16.0 Å². The van der Waals surface area contributed by atoms with Crippen molar-refractivity contribution >= 4 is 23.3 Å². The minimum atomic E-state index is -0.767. The lowest BCUT2D eigenvalue weighted by Gasteiger charge is -2.20. The van der Waals surface area contributed by atoms with Crippen LogP contribution in [0.4, 0.5) is 16.2 Å². The first-order valence-electron chi connectivity index (χ1n) is 7.14. The van der Waals surface area contributed by atoms with Gasteiger partial charge < -0.3 is 21.7 Å². The summed E-state index contributed by atoms with van der Waals surface area (Å²) in [5.74, 6) is -0.478. The fraction of sp³-hybridized carbons (Fsp3) is 0.429. The van der Waals surface area contributed by atoms with Gasteiger partial charge in [0.05, 0.1) is 4.92 Å². The molecule has 0 heterocycles. The number of amides is 3. The van der Waals surface area contributed by atoms with Crippen molar-refractivity contribution in [3.8, 4) is 0 Å². The van der Waals surface area contributed by atoms with Crippen molar-refractivity contribution in [3.05, 3.63) is 34.4 Å². The predicted molar refractivity (Wildman–Crippen MR) is 85.9 cm³/mol. The number of nitrogens with zero attached hydrogens (tertiary/aromatic N) is 1. The maximum absolute atomic E-state index is 12.0. The lowest BCUT2D eigenvalue weighted by Crippen LogP contribution is -2.51. The summed E-state index contributed by atoms with van der Waals surface area (Å²) < 4.78 is 0. The van der Waals surface area contributed by atoms with Gasteiger partial charge in [0.25, 0.3) is 5.69 Å². The highest BCUT2D eigenvalue weighted by Crippen LogP contribution is 2.22. The molecule has 126 valence electrons. The topological polar surface area (TPSA) is 139 Å². The first-order valence-corrected chi connectivity index (χ1v) is 7.14. The van der Waals surface area contributed by atoms with E-state index in [1.807, 2.05) is 0 Å². The van der Waals surface area contributed by atoms with Crippen molar-refractivity contribution in [3.63, 3.8) is 0 Å². The molecule has 0 aromatic heterocycles. The van der Waals surface area contributed by atoms with E-state index in [4.69, 9.17) is 5.73 Å². The highest BCUT2D eigenvalue weighted by molar-refractivity contribution is 5.86. The summed E-state index contributed by atoms with van der Waals surface area (Å²) in [5, 5.41) is 18.8. The summed E-state index contributed by atoms with van der Waals surface area (Å²) in [6.07, 6.45) is 0. The molecule has 5 N–H and O–H groups in total. The molecule has 1 unspecified atom stereocenters. The fourth-order valence-corrected chi connectivity index (χ4v) is 1.96. The number of rotatable bonds is 8. The number of carbonyl (C=O) groups excluding carboxylic acids is 2. The van der Waals surface area contributed by atoms with Crippen LogP contribution in [0.1, 0.15) is 13.8 Å². The second kappa shape index (κ2) is 8.57. The number of anilines is 1. The Hall–Kier alpha value is -2.84. The molecule has 0 bridgehead atoms. The number of carbonyl (C=O) groups is 2. The molecule has 0 aliphatic carbocycles. The van der Waals surface area contributed by atoms with Gasteiger partial charge in [0, 0.05) is 19.2 Å². The number of nitrogens with one attached hydrogen (secondary N) is 3. The molecule has 0 fully saturated rings. The van der Waals surface area contributed by atoms with Crippen molar-refractivity contribution < 1.29 is 14.5 Å². The fourth-order valence-electron chi connectivity index (χ4n) is 1.96. The number of para-hydroxylation sites is 2. The van der Waals surface area contributed by atoms with Crippen LogP contribution in [0.5, 0.6) is 0 Å². The molecule has 1 rings (SSSR count). The highest BCUT2D eigenvalue weighted by atomic mass is 16.6. The second-order valence-corrected chi connectivity index (χ2v) is 5.22. The largest absolute Gasteiger partial charge is 0.378 e. The lowest BCUT2D eigenvalue weighted by molar-refractivity contribution is -0.384. The molecule has 9 nitrogen and oxygen atoms in total. The van der Waals surface area contributed by atoms with E-state index in [-0.39, 0.29) is 24.1 Å².